The third kappa shape index (κ3) is 3.35. The first-order valence-corrected chi connectivity index (χ1v) is 7.52. The molecule has 3 aromatic rings. The van der Waals surface area contributed by atoms with Gasteiger partial charge < -0.3 is 11.1 Å². The summed E-state index contributed by atoms with van der Waals surface area (Å²) in [4.78, 5) is 16.5. The minimum atomic E-state index is -0.964. The van der Waals surface area contributed by atoms with Crippen molar-refractivity contribution in [1.29, 1.82) is 5.26 Å². The van der Waals surface area contributed by atoms with Crippen LogP contribution in [0.3, 0.4) is 0 Å². The molecule has 0 fully saturated rings. The van der Waals surface area contributed by atoms with Crippen LogP contribution in [-0.4, -0.2) is 10.8 Å². The molecule has 0 atom stereocenters. The SMILES string of the molecule is N#Cc1ccc(Nc2ccc(C(=O)c3c(F)cccc3F)c(N)n2)cc1. The first-order valence-electron chi connectivity index (χ1n) is 7.52. The van der Waals surface area contributed by atoms with Crippen molar-refractivity contribution in [3.63, 3.8) is 0 Å². The van der Waals surface area contributed by atoms with Crippen LogP contribution in [0.15, 0.2) is 54.6 Å². The van der Waals surface area contributed by atoms with Crippen LogP contribution in [0.5, 0.6) is 0 Å². The summed E-state index contributed by atoms with van der Waals surface area (Å²) in [6.45, 7) is 0. The molecule has 7 heteroatoms. The van der Waals surface area contributed by atoms with E-state index in [4.69, 9.17) is 11.0 Å². The molecule has 2 aromatic carbocycles. The van der Waals surface area contributed by atoms with Crippen LogP contribution < -0.4 is 11.1 Å². The molecule has 0 spiro atoms. The van der Waals surface area contributed by atoms with Crippen molar-refractivity contribution < 1.29 is 13.6 Å². The molecule has 1 aromatic heterocycles. The third-order valence-corrected chi connectivity index (χ3v) is 3.65. The fourth-order valence-electron chi connectivity index (χ4n) is 2.36. The van der Waals surface area contributed by atoms with Crippen molar-refractivity contribution in [2.24, 2.45) is 0 Å². The summed E-state index contributed by atoms with van der Waals surface area (Å²) in [6.07, 6.45) is 0. The Morgan fingerprint density at radius 3 is 2.27 bits per heavy atom. The molecule has 0 amide bonds. The van der Waals surface area contributed by atoms with Gasteiger partial charge in [0.25, 0.3) is 0 Å². The van der Waals surface area contributed by atoms with Gasteiger partial charge in [-0.3, -0.25) is 4.79 Å². The second-order valence-electron chi connectivity index (χ2n) is 5.37. The quantitative estimate of drug-likeness (QED) is 0.699. The standard InChI is InChI=1S/C19H12F2N4O/c20-14-2-1-3-15(21)17(14)18(26)13-8-9-16(25-19(13)23)24-12-6-4-11(10-22)5-7-12/h1-9H,(H3,23,24,25). The number of anilines is 3. The number of ketones is 1. The lowest BCUT2D eigenvalue weighted by molar-refractivity contribution is 0.103. The van der Waals surface area contributed by atoms with Crippen LogP contribution in [-0.2, 0) is 0 Å². The van der Waals surface area contributed by atoms with E-state index in [9.17, 15) is 13.6 Å². The van der Waals surface area contributed by atoms with Crippen LogP contribution in [0.2, 0.25) is 0 Å². The van der Waals surface area contributed by atoms with Crippen LogP contribution in [0.1, 0.15) is 21.5 Å². The van der Waals surface area contributed by atoms with Gasteiger partial charge in [0.2, 0.25) is 5.78 Å². The summed E-state index contributed by atoms with van der Waals surface area (Å²) in [6, 6.07) is 14.6. The minimum Gasteiger partial charge on any atom is -0.383 e. The number of benzene rings is 2. The monoisotopic (exact) mass is 350 g/mol. The second-order valence-corrected chi connectivity index (χ2v) is 5.37. The smallest absolute Gasteiger partial charge is 0.202 e. The van der Waals surface area contributed by atoms with Crippen molar-refractivity contribution in [3.05, 3.63) is 82.9 Å². The second kappa shape index (κ2) is 6.99. The Labute approximate surface area is 147 Å². The molecule has 3 rings (SSSR count). The van der Waals surface area contributed by atoms with Gasteiger partial charge in [-0.05, 0) is 48.5 Å². The molecule has 0 aliphatic rings. The van der Waals surface area contributed by atoms with E-state index in [1.165, 1.54) is 18.2 Å². The maximum Gasteiger partial charge on any atom is 0.202 e. The fourth-order valence-corrected chi connectivity index (χ4v) is 2.36. The van der Waals surface area contributed by atoms with Crippen molar-refractivity contribution in [2.45, 2.75) is 0 Å². The van der Waals surface area contributed by atoms with Gasteiger partial charge in [0.15, 0.2) is 0 Å². The van der Waals surface area contributed by atoms with E-state index in [1.54, 1.807) is 24.3 Å². The summed E-state index contributed by atoms with van der Waals surface area (Å²) in [5, 5.41) is 11.8. The van der Waals surface area contributed by atoms with Gasteiger partial charge >= 0.3 is 0 Å². The van der Waals surface area contributed by atoms with E-state index >= 15 is 0 Å². The molecule has 0 saturated carbocycles. The molecule has 0 aliphatic carbocycles. The van der Waals surface area contributed by atoms with Crippen LogP contribution in [0.25, 0.3) is 0 Å². The third-order valence-electron chi connectivity index (χ3n) is 3.65. The van der Waals surface area contributed by atoms with Crippen molar-refractivity contribution in [2.75, 3.05) is 11.1 Å². The van der Waals surface area contributed by atoms with Gasteiger partial charge in [0.05, 0.1) is 22.8 Å². The molecule has 26 heavy (non-hydrogen) atoms. The van der Waals surface area contributed by atoms with Crippen molar-refractivity contribution in [3.8, 4) is 6.07 Å². The average Bonchev–Trinajstić information content (AvgIpc) is 2.62. The zero-order chi connectivity index (χ0) is 18.7. The Morgan fingerprint density at radius 2 is 1.69 bits per heavy atom. The molecule has 0 aliphatic heterocycles. The minimum absolute atomic E-state index is 0.0978. The molecular weight excluding hydrogens is 338 g/mol. The Hall–Kier alpha value is -3.79. The van der Waals surface area contributed by atoms with Gasteiger partial charge in [-0.1, -0.05) is 6.07 Å². The number of halogens is 2. The van der Waals surface area contributed by atoms with Crippen LogP contribution in [0.4, 0.5) is 26.1 Å². The number of rotatable bonds is 4. The average molecular weight is 350 g/mol. The van der Waals surface area contributed by atoms with E-state index in [-0.39, 0.29) is 11.4 Å². The number of nitrogens with zero attached hydrogens (tertiary/aromatic N) is 2. The van der Waals surface area contributed by atoms with Crippen LogP contribution >= 0.6 is 0 Å². The van der Waals surface area contributed by atoms with E-state index in [0.717, 1.165) is 12.1 Å². The van der Waals surface area contributed by atoms with Gasteiger partial charge in [-0.25, -0.2) is 13.8 Å². The summed E-state index contributed by atoms with van der Waals surface area (Å²) in [5.41, 5.74) is 6.20. The highest BCUT2D eigenvalue weighted by Gasteiger charge is 2.21. The Kier molecular flexibility index (Phi) is 4.58. The lowest BCUT2D eigenvalue weighted by Gasteiger charge is -2.10. The van der Waals surface area contributed by atoms with Gasteiger partial charge in [-0.15, -0.1) is 0 Å². The first-order chi connectivity index (χ1) is 12.5. The largest absolute Gasteiger partial charge is 0.383 e. The van der Waals surface area contributed by atoms with E-state index in [1.807, 2.05) is 6.07 Å². The summed E-state index contributed by atoms with van der Waals surface area (Å²) >= 11 is 0. The number of pyridine rings is 1. The van der Waals surface area contributed by atoms with Crippen molar-refractivity contribution in [1.82, 2.24) is 4.98 Å². The van der Waals surface area contributed by atoms with E-state index in [0.29, 0.717) is 17.1 Å². The van der Waals surface area contributed by atoms with Gasteiger partial charge in [0, 0.05) is 5.69 Å². The van der Waals surface area contributed by atoms with Crippen LogP contribution in [0, 0.1) is 23.0 Å². The highest BCUT2D eigenvalue weighted by molar-refractivity contribution is 6.12. The molecule has 0 radical (unpaired) electrons. The fraction of sp³-hybridized carbons (Fsp3) is 0. The number of nitrogen functional groups attached to an aromatic ring is 1. The number of carbonyl (C=O) groups excluding carboxylic acids is 1. The molecule has 1 heterocycles. The summed E-state index contributed by atoms with van der Waals surface area (Å²) in [5.74, 6) is -2.62. The normalized spacial score (nSPS) is 10.2. The van der Waals surface area contributed by atoms with Crippen molar-refractivity contribution >= 4 is 23.1 Å². The topological polar surface area (TPSA) is 91.8 Å². The predicted molar refractivity (Wildman–Crippen MR) is 92.9 cm³/mol. The molecule has 128 valence electrons. The van der Waals surface area contributed by atoms with Gasteiger partial charge in [0.1, 0.15) is 23.3 Å². The summed E-state index contributed by atoms with van der Waals surface area (Å²) < 4.78 is 27.6. The van der Waals surface area contributed by atoms with E-state index in [2.05, 4.69) is 10.3 Å². The Bertz CT molecular complexity index is 1010. The molecule has 0 unspecified atom stereocenters. The molecule has 5 nitrogen and oxygen atoms in total. The molecule has 0 bridgehead atoms. The number of nitriles is 1. The Morgan fingerprint density at radius 1 is 1.04 bits per heavy atom. The maximum absolute atomic E-state index is 13.8. The maximum atomic E-state index is 13.8. The molecular formula is C19H12F2N4O. The summed E-state index contributed by atoms with van der Waals surface area (Å²) in [7, 11) is 0. The number of hydrogen-bond donors (Lipinski definition) is 2. The number of nitrogens with two attached hydrogens (primary N) is 1. The lowest BCUT2D eigenvalue weighted by Crippen LogP contribution is -2.11. The number of carbonyl (C=O) groups is 1. The molecule has 0 saturated heterocycles. The predicted octanol–water partition coefficient (Wildman–Crippen LogP) is 3.79. The van der Waals surface area contributed by atoms with Gasteiger partial charge in [-0.2, -0.15) is 5.26 Å². The number of aromatic nitrogens is 1. The Balaban J connectivity index is 1.87. The highest BCUT2D eigenvalue weighted by atomic mass is 19.1. The lowest BCUT2D eigenvalue weighted by atomic mass is 10.0. The number of hydrogen-bond acceptors (Lipinski definition) is 5. The zero-order valence-corrected chi connectivity index (χ0v) is 13.3. The van der Waals surface area contributed by atoms with E-state index < -0.39 is 23.0 Å². The first kappa shape index (κ1) is 17.0. The zero-order valence-electron chi connectivity index (χ0n) is 13.3. The number of nitrogens with one attached hydrogen (secondary N) is 1. The molecule has 3 N–H and O–H groups in total. The highest BCUT2D eigenvalue weighted by Crippen LogP contribution is 2.23.